The maximum absolute atomic E-state index is 13.9. The number of nitrogens with zero attached hydrogens (tertiary/aromatic N) is 3. The van der Waals surface area contributed by atoms with Gasteiger partial charge in [-0.1, -0.05) is 12.1 Å². The summed E-state index contributed by atoms with van der Waals surface area (Å²) < 4.78 is 43.4. The van der Waals surface area contributed by atoms with Crippen LogP contribution in [0.1, 0.15) is 18.4 Å². The quantitative estimate of drug-likeness (QED) is 0.368. The lowest BCUT2D eigenvalue weighted by Crippen LogP contribution is -2.55. The molecule has 0 spiro atoms. The van der Waals surface area contributed by atoms with Gasteiger partial charge in [-0.3, -0.25) is 14.5 Å². The Morgan fingerprint density at radius 2 is 1.88 bits per heavy atom. The lowest BCUT2D eigenvalue weighted by atomic mass is 10.0. The van der Waals surface area contributed by atoms with E-state index in [2.05, 4.69) is 5.32 Å². The largest absolute Gasteiger partial charge is 0.497 e. The number of nitrogens with one attached hydrogen (secondary N) is 1. The second-order valence-electron chi connectivity index (χ2n) is 11.1. The first kappa shape index (κ1) is 29.2. The van der Waals surface area contributed by atoms with Crippen LogP contribution in [0, 0.1) is 0 Å². The summed E-state index contributed by atoms with van der Waals surface area (Å²) in [6, 6.07) is 6.78. The molecule has 14 heteroatoms. The van der Waals surface area contributed by atoms with Gasteiger partial charge in [0.2, 0.25) is 21.8 Å². The summed E-state index contributed by atoms with van der Waals surface area (Å²) in [5.41, 5.74) is 0.959. The number of hydrogen-bond donors (Lipinski definition) is 3. The molecule has 0 unspecified atom stereocenters. The Hall–Kier alpha value is -2.33. The van der Waals surface area contributed by atoms with Crippen molar-refractivity contribution in [2.24, 2.45) is 0 Å². The molecule has 0 saturated carbocycles. The zero-order chi connectivity index (χ0) is 28.6. The number of carbonyl (C=O) groups excluding carboxylic acids is 2. The summed E-state index contributed by atoms with van der Waals surface area (Å²) in [4.78, 5) is 30.6. The number of morpholine rings is 1. The zero-order valence-electron chi connectivity index (χ0n) is 22.7. The number of carbonyl (C=O) groups is 2. The summed E-state index contributed by atoms with van der Waals surface area (Å²) in [5.74, 6) is 0.229. The van der Waals surface area contributed by atoms with Crippen molar-refractivity contribution >= 4 is 21.8 Å². The second kappa shape index (κ2) is 11.9. The predicted octanol–water partition coefficient (Wildman–Crippen LogP) is -1.86. The van der Waals surface area contributed by atoms with Crippen molar-refractivity contribution in [1.82, 2.24) is 19.4 Å². The summed E-state index contributed by atoms with van der Waals surface area (Å²) >= 11 is 0. The van der Waals surface area contributed by atoms with E-state index in [1.54, 1.807) is 12.0 Å². The second-order valence-corrected chi connectivity index (χ2v) is 13.0. The smallest absolute Gasteiger partial charge is 0.240 e. The zero-order valence-corrected chi connectivity index (χ0v) is 23.5. The average Bonchev–Trinajstić information content (AvgIpc) is 3.42. The van der Waals surface area contributed by atoms with Crippen molar-refractivity contribution in [2.45, 2.75) is 62.0 Å². The van der Waals surface area contributed by atoms with Gasteiger partial charge in [0.1, 0.15) is 24.1 Å². The van der Waals surface area contributed by atoms with Gasteiger partial charge in [0, 0.05) is 45.3 Å². The molecule has 4 aliphatic rings. The summed E-state index contributed by atoms with van der Waals surface area (Å²) in [7, 11) is -2.16. The van der Waals surface area contributed by atoms with Crippen LogP contribution < -0.4 is 10.1 Å². The molecule has 40 heavy (non-hydrogen) atoms. The van der Waals surface area contributed by atoms with Crippen LogP contribution in [-0.2, 0) is 35.6 Å². The van der Waals surface area contributed by atoms with E-state index in [4.69, 9.17) is 14.2 Å². The number of sulfonamides is 1. The Morgan fingerprint density at radius 3 is 2.62 bits per heavy atom. The van der Waals surface area contributed by atoms with Crippen LogP contribution in [0.5, 0.6) is 5.75 Å². The highest BCUT2D eigenvalue weighted by molar-refractivity contribution is 7.88. The fraction of sp³-hybridized carbons (Fsp3) is 0.692. The van der Waals surface area contributed by atoms with Gasteiger partial charge < -0.3 is 34.6 Å². The van der Waals surface area contributed by atoms with E-state index in [9.17, 15) is 28.2 Å². The minimum Gasteiger partial charge on any atom is -0.497 e. The number of aliphatic hydroxyl groups is 2. The fourth-order valence-corrected chi connectivity index (χ4v) is 6.93. The maximum atomic E-state index is 13.9. The number of amides is 2. The highest BCUT2D eigenvalue weighted by Gasteiger charge is 2.46. The van der Waals surface area contributed by atoms with Gasteiger partial charge >= 0.3 is 0 Å². The van der Waals surface area contributed by atoms with Gasteiger partial charge in [-0.2, -0.15) is 4.31 Å². The molecular formula is C26H38N4O9S. The molecule has 0 aliphatic carbocycles. The molecular weight excluding hydrogens is 544 g/mol. The number of methoxy groups -OCH3 is 1. The molecule has 13 nitrogen and oxygen atoms in total. The molecule has 7 atom stereocenters. The molecule has 4 fully saturated rings. The maximum Gasteiger partial charge on any atom is 0.240 e. The Balaban J connectivity index is 1.42. The van der Waals surface area contributed by atoms with Gasteiger partial charge in [-0.15, -0.1) is 0 Å². The Bertz CT molecular complexity index is 1200. The molecule has 5 rings (SSSR count). The van der Waals surface area contributed by atoms with Gasteiger partial charge in [0.05, 0.1) is 44.6 Å². The minimum atomic E-state index is -3.75. The Kier molecular flexibility index (Phi) is 8.66. The topological polar surface area (TPSA) is 158 Å². The SMILES string of the molecule is COc1cccc(CN2C[C@@H]3C[C@H]2C(=O)N2CCO[C@@H](C2)CN(S(C)(=O)=O)C[C@H]2O[C@@H](CC(=O)N3)[C@H](O)[C@@H]2O)c1. The summed E-state index contributed by atoms with van der Waals surface area (Å²) in [5, 5.41) is 24.2. The van der Waals surface area contributed by atoms with Crippen molar-refractivity contribution in [3.05, 3.63) is 29.8 Å². The molecule has 4 heterocycles. The Morgan fingerprint density at radius 1 is 1.10 bits per heavy atom. The van der Waals surface area contributed by atoms with E-state index in [0.717, 1.165) is 16.1 Å². The predicted molar refractivity (Wildman–Crippen MR) is 142 cm³/mol. The van der Waals surface area contributed by atoms with E-state index < -0.39 is 46.6 Å². The first-order chi connectivity index (χ1) is 19.0. The third-order valence-corrected chi connectivity index (χ3v) is 9.37. The molecule has 222 valence electrons. The fourth-order valence-electron chi connectivity index (χ4n) is 6.07. The van der Waals surface area contributed by atoms with Crippen molar-refractivity contribution in [3.63, 3.8) is 0 Å². The van der Waals surface area contributed by atoms with Crippen molar-refractivity contribution < 1.29 is 42.4 Å². The third-order valence-electron chi connectivity index (χ3n) is 8.13. The standard InChI is InChI=1S/C26H38N4O9S/c1-37-18-5-3-4-16(8-18)11-29-12-17-9-20(29)26(34)28-6-7-38-19(13-28)14-30(40(2,35)36)15-22-25(33)24(32)21(39-22)10-23(31)27-17/h3-5,8,17,19-22,24-25,32-33H,6-7,9-15H2,1-2H3,(H,27,31)/t17-,19-,20-,21-,22+,24-,25+/m0/s1. The van der Waals surface area contributed by atoms with Crippen LogP contribution in [0.2, 0.25) is 0 Å². The van der Waals surface area contributed by atoms with Crippen LogP contribution in [0.25, 0.3) is 0 Å². The van der Waals surface area contributed by atoms with Crippen LogP contribution in [0.15, 0.2) is 24.3 Å². The summed E-state index contributed by atoms with van der Waals surface area (Å²) in [6.45, 7) is 1.46. The number of hydrogen-bond acceptors (Lipinski definition) is 10. The molecule has 0 radical (unpaired) electrons. The molecule has 2 amide bonds. The molecule has 4 saturated heterocycles. The average molecular weight is 583 g/mol. The summed E-state index contributed by atoms with van der Waals surface area (Å²) in [6.07, 6.45) is -4.08. The number of aliphatic hydroxyl groups excluding tert-OH is 2. The van der Waals surface area contributed by atoms with Crippen LogP contribution >= 0.6 is 0 Å². The van der Waals surface area contributed by atoms with Crippen molar-refractivity contribution in [2.75, 3.05) is 52.7 Å². The van der Waals surface area contributed by atoms with Crippen LogP contribution in [0.3, 0.4) is 0 Å². The van der Waals surface area contributed by atoms with Crippen molar-refractivity contribution in [3.8, 4) is 5.75 Å². The molecule has 6 bridgehead atoms. The first-order valence-corrected chi connectivity index (χ1v) is 15.4. The number of likely N-dealkylation sites (tertiary alicyclic amines) is 1. The number of rotatable bonds is 4. The van der Waals surface area contributed by atoms with Crippen LogP contribution in [-0.4, -0.2) is 140 Å². The van der Waals surface area contributed by atoms with Gasteiger partial charge in [0.15, 0.2) is 0 Å². The normalized spacial score (nSPS) is 34.6. The molecule has 3 N–H and O–H groups in total. The van der Waals surface area contributed by atoms with E-state index in [-0.39, 0.29) is 50.5 Å². The first-order valence-electron chi connectivity index (χ1n) is 13.5. The monoisotopic (exact) mass is 582 g/mol. The van der Waals surface area contributed by atoms with E-state index in [0.29, 0.717) is 31.8 Å². The third kappa shape index (κ3) is 6.43. The minimum absolute atomic E-state index is 0.0444. The Labute approximate surface area is 234 Å². The number of ether oxygens (including phenoxy) is 3. The lowest BCUT2D eigenvalue weighted by molar-refractivity contribution is -0.144. The number of benzene rings is 1. The van der Waals surface area contributed by atoms with E-state index in [1.807, 2.05) is 29.2 Å². The lowest BCUT2D eigenvalue weighted by Gasteiger charge is -2.38. The van der Waals surface area contributed by atoms with E-state index >= 15 is 0 Å². The highest BCUT2D eigenvalue weighted by atomic mass is 32.2. The van der Waals surface area contributed by atoms with Gasteiger partial charge in [0.25, 0.3) is 0 Å². The van der Waals surface area contributed by atoms with Gasteiger partial charge in [-0.25, -0.2) is 8.42 Å². The van der Waals surface area contributed by atoms with E-state index in [1.165, 1.54) is 0 Å². The molecule has 1 aromatic carbocycles. The number of fused-ring (bicyclic) bond motifs is 6. The van der Waals surface area contributed by atoms with Crippen molar-refractivity contribution in [1.29, 1.82) is 0 Å². The van der Waals surface area contributed by atoms with Crippen LogP contribution in [0.4, 0.5) is 0 Å². The molecule has 1 aromatic rings. The van der Waals surface area contributed by atoms with Gasteiger partial charge in [-0.05, 0) is 24.1 Å². The molecule has 0 aromatic heterocycles. The molecule has 4 aliphatic heterocycles. The highest BCUT2D eigenvalue weighted by Crippen LogP contribution is 2.28.